The van der Waals surface area contributed by atoms with E-state index in [0.717, 1.165) is 0 Å². The molecule has 1 atom stereocenters. The van der Waals surface area contributed by atoms with Crippen molar-refractivity contribution in [2.45, 2.75) is 11.8 Å². The van der Waals surface area contributed by atoms with Crippen LogP contribution in [0.15, 0.2) is 9.21 Å². The van der Waals surface area contributed by atoms with E-state index < -0.39 is 11.8 Å². The number of alkyl carbamates (subject to hydrolysis) is 1. The van der Waals surface area contributed by atoms with Crippen molar-refractivity contribution < 1.29 is 19.1 Å². The van der Waals surface area contributed by atoms with Gasteiger partial charge in [0.15, 0.2) is 0 Å². The Hall–Kier alpha value is -1.22. The van der Waals surface area contributed by atoms with Gasteiger partial charge < -0.3 is 19.6 Å². The van der Waals surface area contributed by atoms with Crippen LogP contribution >= 0.6 is 21.6 Å². The number of hydrogen-bond donors (Lipinski definition) is 3. The first kappa shape index (κ1) is 12.2. The third kappa shape index (κ3) is 3.37. The van der Waals surface area contributed by atoms with E-state index in [-0.39, 0.29) is 12.0 Å². The van der Waals surface area contributed by atoms with Gasteiger partial charge in [-0.15, -0.1) is 0 Å². The molecule has 17 heavy (non-hydrogen) atoms. The van der Waals surface area contributed by atoms with Crippen LogP contribution in [0, 0.1) is 0 Å². The number of aromatic nitrogens is 1. The Bertz CT molecular complexity index is 457. The molecule has 0 saturated carbocycles. The first-order chi connectivity index (χ1) is 8.15. The van der Waals surface area contributed by atoms with Gasteiger partial charge in [0.1, 0.15) is 12.3 Å². The summed E-state index contributed by atoms with van der Waals surface area (Å²) in [5.41, 5.74) is 0.360. The first-order valence-electron chi connectivity index (χ1n) is 4.74. The van der Waals surface area contributed by atoms with Crippen LogP contribution in [-0.4, -0.2) is 34.6 Å². The van der Waals surface area contributed by atoms with Gasteiger partial charge in [-0.2, -0.15) is 0 Å². The van der Waals surface area contributed by atoms with Crippen molar-refractivity contribution in [3.8, 4) is 5.95 Å². The molecule has 1 unspecified atom stereocenters. The van der Waals surface area contributed by atoms with E-state index in [2.05, 4.69) is 14.7 Å². The van der Waals surface area contributed by atoms with Crippen molar-refractivity contribution in [1.82, 2.24) is 10.3 Å². The number of cyclic esters (lactones) is 1. The Kier molecular flexibility index (Phi) is 3.89. The number of carbonyl (C=O) groups excluding carboxylic acids is 1. The quantitative estimate of drug-likeness (QED) is 0.537. The van der Waals surface area contributed by atoms with E-state index in [1.165, 1.54) is 21.6 Å². The molecule has 1 amide bonds. The highest BCUT2D eigenvalue weighted by Crippen LogP contribution is 2.28. The maximum absolute atomic E-state index is 10.7. The number of amides is 1. The minimum atomic E-state index is -0.667. The Morgan fingerprint density at radius 1 is 1.41 bits per heavy atom. The smallest absolute Gasteiger partial charge is 0.419 e. The second kappa shape index (κ2) is 5.41. The van der Waals surface area contributed by atoms with Crippen LogP contribution in [0.25, 0.3) is 0 Å². The summed E-state index contributed by atoms with van der Waals surface area (Å²) in [6.07, 6.45) is -0.391. The Labute approximate surface area is 104 Å². The summed E-state index contributed by atoms with van der Waals surface area (Å²) in [5, 5.41) is 11.8. The van der Waals surface area contributed by atoms with Gasteiger partial charge in [-0.25, -0.2) is 9.59 Å². The lowest BCUT2D eigenvalue weighted by Crippen LogP contribution is -2.27. The van der Waals surface area contributed by atoms with Crippen molar-refractivity contribution in [1.29, 1.82) is 0 Å². The van der Waals surface area contributed by atoms with Gasteiger partial charge in [0.05, 0.1) is 11.8 Å². The van der Waals surface area contributed by atoms with Gasteiger partial charge >= 0.3 is 17.8 Å². The van der Waals surface area contributed by atoms with E-state index in [4.69, 9.17) is 4.74 Å². The lowest BCUT2D eigenvalue weighted by Gasteiger charge is -2.04. The highest BCUT2D eigenvalue weighted by molar-refractivity contribution is 8.76. The number of rotatable bonds is 5. The van der Waals surface area contributed by atoms with Gasteiger partial charge in [0.25, 0.3) is 0 Å². The Balaban J connectivity index is 1.68. The van der Waals surface area contributed by atoms with Crippen LogP contribution in [0.2, 0.25) is 0 Å². The SMILES string of the molecule is O=C1NC(CSSCc2[nH]c(=O)oc2O)CO1. The summed E-state index contributed by atoms with van der Waals surface area (Å²) in [6.45, 7) is 0.375. The number of ether oxygens (including phenoxy) is 1. The number of hydrogen-bond acceptors (Lipinski definition) is 7. The number of H-pyrrole nitrogens is 1. The minimum Gasteiger partial charge on any atom is -0.479 e. The van der Waals surface area contributed by atoms with Crippen molar-refractivity contribution in [2.75, 3.05) is 12.4 Å². The standard InChI is InChI=1S/C8H10N2O5S2/c11-6-5(10-8(13)15-6)3-17-16-2-4-1-14-7(12)9-4/h4,11H,1-3H2,(H,9,12)(H,10,13). The maximum atomic E-state index is 10.7. The molecule has 7 nitrogen and oxygen atoms in total. The van der Waals surface area contributed by atoms with Gasteiger partial charge in [-0.05, 0) is 0 Å². The molecule has 9 heteroatoms. The highest BCUT2D eigenvalue weighted by atomic mass is 33.1. The second-order valence-corrected chi connectivity index (χ2v) is 5.79. The van der Waals surface area contributed by atoms with Gasteiger partial charge in [0.2, 0.25) is 0 Å². The summed E-state index contributed by atoms with van der Waals surface area (Å²) in [6, 6.07) is 0.0111. The average Bonchev–Trinajstić information content (AvgIpc) is 2.81. The molecular formula is C8H10N2O5S2. The fourth-order valence-electron chi connectivity index (χ4n) is 1.20. The van der Waals surface area contributed by atoms with Crippen LogP contribution in [-0.2, 0) is 10.5 Å². The third-order valence-electron chi connectivity index (χ3n) is 1.99. The normalized spacial score (nSPS) is 19.1. The van der Waals surface area contributed by atoms with Gasteiger partial charge in [0, 0.05) is 5.75 Å². The second-order valence-electron chi connectivity index (χ2n) is 3.28. The number of oxazole rings is 1. The summed E-state index contributed by atoms with van der Waals surface area (Å²) in [7, 11) is 2.95. The van der Waals surface area contributed by atoms with Crippen molar-refractivity contribution >= 4 is 27.7 Å². The van der Waals surface area contributed by atoms with E-state index in [9.17, 15) is 14.7 Å². The van der Waals surface area contributed by atoms with Crippen LogP contribution in [0.5, 0.6) is 5.95 Å². The Morgan fingerprint density at radius 3 is 2.82 bits per heavy atom. The number of nitrogens with one attached hydrogen (secondary N) is 2. The van der Waals surface area contributed by atoms with E-state index in [1.807, 2.05) is 0 Å². The molecule has 0 aliphatic carbocycles. The number of carbonyl (C=O) groups is 1. The predicted molar refractivity (Wildman–Crippen MR) is 63.0 cm³/mol. The molecule has 1 aromatic heterocycles. The molecular weight excluding hydrogens is 268 g/mol. The fourth-order valence-corrected chi connectivity index (χ4v) is 3.42. The minimum absolute atomic E-state index is 0.0111. The van der Waals surface area contributed by atoms with Crippen LogP contribution < -0.4 is 11.1 Å². The molecule has 1 aliphatic heterocycles. The molecule has 94 valence electrons. The topological polar surface area (TPSA) is 105 Å². The zero-order valence-corrected chi connectivity index (χ0v) is 10.2. The lowest BCUT2D eigenvalue weighted by atomic mass is 10.4. The average molecular weight is 278 g/mol. The fraction of sp³-hybridized carbons (Fsp3) is 0.500. The first-order valence-corrected chi connectivity index (χ1v) is 7.22. The molecule has 1 aliphatic rings. The van der Waals surface area contributed by atoms with Crippen molar-refractivity contribution in [3.63, 3.8) is 0 Å². The van der Waals surface area contributed by atoms with Crippen molar-refractivity contribution in [2.24, 2.45) is 0 Å². The third-order valence-corrected chi connectivity index (χ3v) is 4.37. The predicted octanol–water partition coefficient (Wildman–Crippen LogP) is 0.663. The van der Waals surface area contributed by atoms with E-state index in [0.29, 0.717) is 23.8 Å². The number of aromatic hydroxyl groups is 1. The molecule has 0 spiro atoms. The van der Waals surface area contributed by atoms with Gasteiger partial charge in [-0.1, -0.05) is 21.6 Å². The van der Waals surface area contributed by atoms with Crippen LogP contribution in [0.3, 0.4) is 0 Å². The van der Waals surface area contributed by atoms with Gasteiger partial charge in [-0.3, -0.25) is 4.98 Å². The van der Waals surface area contributed by atoms with Crippen LogP contribution in [0.1, 0.15) is 5.69 Å². The molecule has 0 radical (unpaired) electrons. The molecule has 3 N–H and O–H groups in total. The molecule has 1 saturated heterocycles. The highest BCUT2D eigenvalue weighted by Gasteiger charge is 2.21. The molecule has 2 rings (SSSR count). The summed E-state index contributed by atoms with van der Waals surface area (Å²) in [5.74, 6) is 0.0726. The molecule has 0 bridgehead atoms. The summed E-state index contributed by atoms with van der Waals surface area (Å²) < 4.78 is 9.13. The summed E-state index contributed by atoms with van der Waals surface area (Å²) in [4.78, 5) is 23.8. The summed E-state index contributed by atoms with van der Waals surface area (Å²) >= 11 is 0. The lowest BCUT2D eigenvalue weighted by molar-refractivity contribution is 0.177. The molecule has 2 heterocycles. The molecule has 0 aromatic carbocycles. The van der Waals surface area contributed by atoms with E-state index in [1.54, 1.807) is 0 Å². The molecule has 1 aromatic rings. The number of aromatic amines is 1. The van der Waals surface area contributed by atoms with Crippen LogP contribution in [0.4, 0.5) is 4.79 Å². The Morgan fingerprint density at radius 2 is 2.24 bits per heavy atom. The molecule has 1 fully saturated rings. The maximum Gasteiger partial charge on any atom is 0.419 e. The zero-order valence-electron chi connectivity index (χ0n) is 8.60. The largest absolute Gasteiger partial charge is 0.479 e. The zero-order chi connectivity index (χ0) is 12.3. The van der Waals surface area contributed by atoms with E-state index >= 15 is 0 Å². The van der Waals surface area contributed by atoms with Crippen molar-refractivity contribution in [3.05, 3.63) is 16.2 Å². The monoisotopic (exact) mass is 278 g/mol.